The number of rotatable bonds is 6. The van der Waals surface area contributed by atoms with Gasteiger partial charge >= 0.3 is 11.9 Å². The fourth-order valence-electron chi connectivity index (χ4n) is 11.7. The van der Waals surface area contributed by atoms with E-state index in [9.17, 15) is 24.6 Å². The first kappa shape index (κ1) is 33.9. The number of carboxylic acids is 2. The molecular formula is C40H58O5. The Balaban J connectivity index is 1.57. The molecule has 10 atom stereocenters. The highest BCUT2D eigenvalue weighted by Crippen LogP contribution is 2.64. The molecule has 0 amide bonds. The van der Waals surface area contributed by atoms with Crippen molar-refractivity contribution in [1.29, 1.82) is 0 Å². The van der Waals surface area contributed by atoms with Gasteiger partial charge in [-0.3, -0.25) is 14.4 Å². The average molecular weight is 619 g/mol. The van der Waals surface area contributed by atoms with Gasteiger partial charge in [-0.1, -0.05) is 69.2 Å². The van der Waals surface area contributed by atoms with Crippen LogP contribution in [0.1, 0.15) is 118 Å². The minimum atomic E-state index is -0.950. The largest absolute Gasteiger partial charge is 0.481 e. The molecule has 5 heteroatoms. The molecule has 45 heavy (non-hydrogen) atoms. The summed E-state index contributed by atoms with van der Waals surface area (Å²) < 4.78 is 0. The molecule has 2 N–H and O–H groups in total. The van der Waals surface area contributed by atoms with Crippen LogP contribution in [0.3, 0.4) is 0 Å². The van der Waals surface area contributed by atoms with Crippen LogP contribution in [0.4, 0.5) is 0 Å². The summed E-state index contributed by atoms with van der Waals surface area (Å²) >= 11 is 0. The predicted octanol–water partition coefficient (Wildman–Crippen LogP) is 9.45. The molecule has 0 aromatic heterocycles. The molecule has 5 nitrogen and oxygen atoms in total. The van der Waals surface area contributed by atoms with E-state index in [4.69, 9.17) is 0 Å². The summed E-state index contributed by atoms with van der Waals surface area (Å²) in [5.74, 6) is -0.221. The summed E-state index contributed by atoms with van der Waals surface area (Å²) in [7, 11) is 0. The molecule has 0 spiro atoms. The number of fused-ring (bicyclic) bond motifs is 3. The van der Waals surface area contributed by atoms with Crippen molar-refractivity contribution in [3.63, 3.8) is 0 Å². The second-order valence-electron chi connectivity index (χ2n) is 16.6. The van der Waals surface area contributed by atoms with Crippen LogP contribution in [-0.4, -0.2) is 28.4 Å². The third-order valence-corrected chi connectivity index (χ3v) is 14.3. The van der Waals surface area contributed by atoms with Gasteiger partial charge in [0.25, 0.3) is 0 Å². The molecule has 248 valence electrons. The van der Waals surface area contributed by atoms with E-state index in [2.05, 4.69) is 53.0 Å². The smallest absolute Gasteiger partial charge is 0.310 e. The number of carbonyl (C=O) groups excluding carboxylic acids is 1. The lowest BCUT2D eigenvalue weighted by atomic mass is 9.44. The van der Waals surface area contributed by atoms with Crippen LogP contribution in [0.15, 0.2) is 47.6 Å². The molecule has 5 aliphatic rings. The topological polar surface area (TPSA) is 91.7 Å². The molecule has 3 fully saturated rings. The summed E-state index contributed by atoms with van der Waals surface area (Å²) in [6, 6.07) is 0. The van der Waals surface area contributed by atoms with E-state index < -0.39 is 22.8 Å². The van der Waals surface area contributed by atoms with Crippen molar-refractivity contribution >= 4 is 18.2 Å². The van der Waals surface area contributed by atoms with Gasteiger partial charge in [0.2, 0.25) is 0 Å². The fourth-order valence-corrected chi connectivity index (χ4v) is 11.7. The SMILES string of the molecule is C=C1CC[C@H]2[C@@](C)(CCC[C@]2(C)C(=O)O)[C@@H]1CC1C(C)=CC[C@H]2CC/C(C=O)=C\[C@@H]3[C@@H](CC[C@@]12C(=O)O)C(=C)CC[C@H]3C(C)C. The van der Waals surface area contributed by atoms with Gasteiger partial charge in [-0.15, -0.1) is 0 Å². The second-order valence-corrected chi connectivity index (χ2v) is 16.6. The van der Waals surface area contributed by atoms with Gasteiger partial charge in [0.05, 0.1) is 10.8 Å². The van der Waals surface area contributed by atoms with E-state index in [1.54, 1.807) is 0 Å². The molecule has 0 bridgehead atoms. The van der Waals surface area contributed by atoms with Crippen molar-refractivity contribution in [2.75, 3.05) is 0 Å². The van der Waals surface area contributed by atoms with Crippen LogP contribution in [-0.2, 0) is 14.4 Å². The van der Waals surface area contributed by atoms with Crippen molar-refractivity contribution < 1.29 is 24.6 Å². The Morgan fingerprint density at radius 1 is 0.956 bits per heavy atom. The molecular weight excluding hydrogens is 560 g/mol. The third kappa shape index (κ3) is 5.63. The molecule has 0 aliphatic heterocycles. The molecule has 0 aromatic rings. The monoisotopic (exact) mass is 618 g/mol. The van der Waals surface area contributed by atoms with Crippen LogP contribution in [0.2, 0.25) is 0 Å². The Morgan fingerprint density at radius 2 is 1.67 bits per heavy atom. The molecule has 0 radical (unpaired) electrons. The first-order valence-electron chi connectivity index (χ1n) is 17.8. The summed E-state index contributed by atoms with van der Waals surface area (Å²) in [5.41, 5.74) is 2.41. The summed E-state index contributed by atoms with van der Waals surface area (Å²) in [4.78, 5) is 39.1. The van der Waals surface area contributed by atoms with Crippen molar-refractivity contribution in [2.45, 2.75) is 118 Å². The number of aldehydes is 1. The average Bonchev–Trinajstić information content (AvgIpc) is 2.97. The van der Waals surface area contributed by atoms with Crippen LogP contribution in [0.5, 0.6) is 0 Å². The zero-order chi connectivity index (χ0) is 32.9. The summed E-state index contributed by atoms with van der Waals surface area (Å²) in [6.45, 7) is 20.0. The maximum atomic E-state index is 13.9. The molecule has 0 heterocycles. The van der Waals surface area contributed by atoms with Crippen LogP contribution >= 0.6 is 0 Å². The number of carboxylic acid groups (broad SMARTS) is 2. The minimum Gasteiger partial charge on any atom is -0.481 e. The van der Waals surface area contributed by atoms with E-state index in [0.717, 1.165) is 62.4 Å². The van der Waals surface area contributed by atoms with Crippen LogP contribution < -0.4 is 0 Å². The first-order chi connectivity index (χ1) is 21.2. The van der Waals surface area contributed by atoms with E-state index in [1.807, 2.05) is 6.92 Å². The van der Waals surface area contributed by atoms with Crippen molar-refractivity contribution in [3.8, 4) is 0 Å². The van der Waals surface area contributed by atoms with Gasteiger partial charge in [-0.05, 0) is 149 Å². The number of hydrogen-bond donors (Lipinski definition) is 2. The molecule has 3 saturated carbocycles. The van der Waals surface area contributed by atoms with Crippen LogP contribution in [0, 0.1) is 63.6 Å². The van der Waals surface area contributed by atoms with Gasteiger partial charge in [0, 0.05) is 0 Å². The van der Waals surface area contributed by atoms with Crippen molar-refractivity contribution in [1.82, 2.24) is 0 Å². The van der Waals surface area contributed by atoms with Crippen molar-refractivity contribution in [2.24, 2.45) is 63.6 Å². The standard InChI is InChI=1S/C40H58O5/c1-24(2)30-15-10-25(3)31-17-20-40(37(44)45)29(14-12-28(23-41)21-32(30)31)13-9-27(5)34(40)22-33-26(4)11-16-35-38(33,6)18-8-19-39(35,7)36(42)43/h9,21,23-24,29-35H,3-4,8,10-20,22H2,1-2,5-7H3,(H,42,43)(H,44,45)/b28-21+/t29-,30-,31-,32-,33+,34?,35-,38-,39-,40-/m0/s1. The molecule has 0 saturated heterocycles. The summed E-state index contributed by atoms with van der Waals surface area (Å²) in [6.07, 6.45) is 15.8. The first-order valence-corrected chi connectivity index (χ1v) is 17.8. The van der Waals surface area contributed by atoms with Crippen molar-refractivity contribution in [3.05, 3.63) is 47.6 Å². The second kappa shape index (κ2) is 12.6. The number of carbonyl (C=O) groups is 3. The molecule has 0 aromatic carbocycles. The third-order valence-electron chi connectivity index (χ3n) is 14.3. The Kier molecular flexibility index (Phi) is 9.53. The summed E-state index contributed by atoms with van der Waals surface area (Å²) in [5, 5.41) is 21.8. The van der Waals surface area contributed by atoms with E-state index >= 15 is 0 Å². The predicted molar refractivity (Wildman–Crippen MR) is 179 cm³/mol. The van der Waals surface area contributed by atoms with E-state index in [0.29, 0.717) is 50.4 Å². The van der Waals surface area contributed by atoms with Gasteiger partial charge in [-0.2, -0.15) is 0 Å². The Hall–Kier alpha value is -2.43. The molecule has 5 aliphatic carbocycles. The zero-order valence-corrected chi connectivity index (χ0v) is 28.6. The van der Waals surface area contributed by atoms with Gasteiger partial charge in [-0.25, -0.2) is 0 Å². The normalized spacial score (nSPS) is 43.6. The lowest BCUT2D eigenvalue weighted by Gasteiger charge is -2.59. The molecule has 5 rings (SSSR count). The highest BCUT2D eigenvalue weighted by atomic mass is 16.4. The fraction of sp³-hybridized carbons (Fsp3) is 0.725. The molecule has 1 unspecified atom stereocenters. The van der Waals surface area contributed by atoms with Gasteiger partial charge < -0.3 is 10.2 Å². The number of allylic oxidation sites excluding steroid dienone is 6. The number of hydrogen-bond acceptors (Lipinski definition) is 3. The quantitative estimate of drug-likeness (QED) is 0.229. The van der Waals surface area contributed by atoms with Crippen LogP contribution in [0.25, 0.3) is 0 Å². The Bertz CT molecular complexity index is 1290. The Morgan fingerprint density at radius 3 is 2.31 bits per heavy atom. The van der Waals surface area contributed by atoms with Gasteiger partial charge in [0.15, 0.2) is 0 Å². The lowest BCUT2D eigenvalue weighted by molar-refractivity contribution is -0.166. The highest BCUT2D eigenvalue weighted by Gasteiger charge is 2.60. The van der Waals surface area contributed by atoms with E-state index in [1.165, 1.54) is 11.1 Å². The number of aliphatic carboxylic acids is 2. The van der Waals surface area contributed by atoms with Gasteiger partial charge in [0.1, 0.15) is 6.29 Å². The Labute approximate surface area is 271 Å². The maximum Gasteiger partial charge on any atom is 0.310 e. The zero-order valence-electron chi connectivity index (χ0n) is 28.6. The minimum absolute atomic E-state index is 0.0415. The highest BCUT2D eigenvalue weighted by molar-refractivity contribution is 5.77. The lowest BCUT2D eigenvalue weighted by Crippen LogP contribution is -2.55. The maximum absolute atomic E-state index is 13.9. The van der Waals surface area contributed by atoms with E-state index in [-0.39, 0.29) is 40.9 Å².